The number of amides is 3. The van der Waals surface area contributed by atoms with Gasteiger partial charge in [0.1, 0.15) is 6.04 Å². The second kappa shape index (κ2) is 10.9. The van der Waals surface area contributed by atoms with Crippen LogP contribution in [0.2, 0.25) is 0 Å². The van der Waals surface area contributed by atoms with Crippen molar-refractivity contribution < 1.29 is 14.4 Å². The van der Waals surface area contributed by atoms with E-state index in [0.29, 0.717) is 31.8 Å². The molecular formula is C28H35N3O3. The molecule has 2 aliphatic rings. The zero-order valence-electron chi connectivity index (χ0n) is 20.2. The Morgan fingerprint density at radius 3 is 2.12 bits per heavy atom. The summed E-state index contributed by atoms with van der Waals surface area (Å²) in [6.45, 7) is 5.14. The first-order valence-corrected chi connectivity index (χ1v) is 12.4. The van der Waals surface area contributed by atoms with Crippen molar-refractivity contribution in [2.45, 2.75) is 64.1 Å². The molecule has 2 saturated heterocycles. The Labute approximate surface area is 202 Å². The first kappa shape index (κ1) is 24.0. The maximum absolute atomic E-state index is 13.5. The molecule has 0 bridgehead atoms. The quantitative estimate of drug-likeness (QED) is 0.709. The lowest BCUT2D eigenvalue weighted by Gasteiger charge is -2.35. The topological polar surface area (TPSA) is 69.7 Å². The smallest absolute Gasteiger partial charge is 0.243 e. The molecule has 2 fully saturated rings. The van der Waals surface area contributed by atoms with Crippen molar-refractivity contribution in [2.24, 2.45) is 5.92 Å². The van der Waals surface area contributed by atoms with Gasteiger partial charge in [0, 0.05) is 32.0 Å². The fraction of sp³-hybridized carbons (Fsp3) is 0.464. The van der Waals surface area contributed by atoms with Gasteiger partial charge in [-0.15, -0.1) is 0 Å². The largest absolute Gasteiger partial charge is 0.343 e. The summed E-state index contributed by atoms with van der Waals surface area (Å²) in [7, 11) is 0. The van der Waals surface area contributed by atoms with Gasteiger partial charge in [0.15, 0.2) is 0 Å². The number of fused-ring (bicyclic) bond motifs is 1. The fourth-order valence-electron chi connectivity index (χ4n) is 5.19. The number of hydrogen-bond acceptors (Lipinski definition) is 3. The van der Waals surface area contributed by atoms with Crippen molar-refractivity contribution >= 4 is 17.7 Å². The van der Waals surface area contributed by atoms with E-state index in [9.17, 15) is 14.4 Å². The zero-order chi connectivity index (χ0) is 24.1. The van der Waals surface area contributed by atoms with Crippen LogP contribution in [-0.4, -0.2) is 52.7 Å². The van der Waals surface area contributed by atoms with E-state index in [1.165, 1.54) is 0 Å². The van der Waals surface area contributed by atoms with Crippen molar-refractivity contribution in [3.8, 4) is 0 Å². The molecule has 4 rings (SSSR count). The molecule has 6 nitrogen and oxygen atoms in total. The van der Waals surface area contributed by atoms with E-state index in [1.807, 2.05) is 84.3 Å². The van der Waals surface area contributed by atoms with Gasteiger partial charge in [-0.2, -0.15) is 0 Å². The van der Waals surface area contributed by atoms with E-state index < -0.39 is 6.04 Å². The summed E-state index contributed by atoms with van der Waals surface area (Å²) >= 11 is 0. The van der Waals surface area contributed by atoms with E-state index in [4.69, 9.17) is 0 Å². The molecule has 1 N–H and O–H groups in total. The molecular weight excluding hydrogens is 426 g/mol. The van der Waals surface area contributed by atoms with Crippen LogP contribution in [0.15, 0.2) is 60.7 Å². The number of nitrogens with one attached hydrogen (secondary N) is 1. The summed E-state index contributed by atoms with van der Waals surface area (Å²) in [5.74, 6) is 0.284. The van der Waals surface area contributed by atoms with Gasteiger partial charge in [-0.25, -0.2) is 0 Å². The highest BCUT2D eigenvalue weighted by Crippen LogP contribution is 2.31. The van der Waals surface area contributed by atoms with Gasteiger partial charge >= 0.3 is 0 Å². The van der Waals surface area contributed by atoms with E-state index in [-0.39, 0.29) is 36.2 Å². The molecule has 2 atom stereocenters. The van der Waals surface area contributed by atoms with Crippen molar-refractivity contribution in [1.82, 2.24) is 15.1 Å². The Morgan fingerprint density at radius 2 is 1.53 bits per heavy atom. The number of carbonyl (C=O) groups is 3. The SMILES string of the molecule is CC(C)CC(=O)N1CCC(=O)N2[C@H](CC[C@H]2C(=O)NC(c2ccccc2)c2ccccc2)CC1. The van der Waals surface area contributed by atoms with Crippen LogP contribution in [-0.2, 0) is 14.4 Å². The maximum atomic E-state index is 13.5. The van der Waals surface area contributed by atoms with Gasteiger partial charge in [0.2, 0.25) is 17.7 Å². The third-order valence-corrected chi connectivity index (χ3v) is 6.91. The molecule has 0 aliphatic carbocycles. The summed E-state index contributed by atoms with van der Waals surface area (Å²) in [4.78, 5) is 42.9. The van der Waals surface area contributed by atoms with Crippen LogP contribution in [0, 0.1) is 5.92 Å². The molecule has 6 heteroatoms. The molecule has 0 aromatic heterocycles. The predicted molar refractivity (Wildman–Crippen MR) is 132 cm³/mol. The minimum absolute atomic E-state index is 0.00444. The third kappa shape index (κ3) is 5.49. The van der Waals surface area contributed by atoms with Gasteiger partial charge < -0.3 is 15.1 Å². The lowest BCUT2D eigenvalue weighted by molar-refractivity contribution is -0.143. The summed E-state index contributed by atoms with van der Waals surface area (Å²) in [6.07, 6.45) is 2.94. The lowest BCUT2D eigenvalue weighted by Crippen LogP contribution is -2.52. The number of hydrogen-bond donors (Lipinski definition) is 1. The van der Waals surface area contributed by atoms with Crippen LogP contribution in [0.5, 0.6) is 0 Å². The number of rotatable bonds is 6. The van der Waals surface area contributed by atoms with Gasteiger partial charge in [0.25, 0.3) is 0 Å². The molecule has 0 saturated carbocycles. The zero-order valence-corrected chi connectivity index (χ0v) is 20.2. The monoisotopic (exact) mass is 461 g/mol. The van der Waals surface area contributed by atoms with Crippen molar-refractivity contribution in [3.05, 3.63) is 71.8 Å². The maximum Gasteiger partial charge on any atom is 0.243 e. The minimum atomic E-state index is -0.467. The summed E-state index contributed by atoms with van der Waals surface area (Å²) in [6, 6.07) is 19.1. The van der Waals surface area contributed by atoms with Crippen LogP contribution in [0.3, 0.4) is 0 Å². The molecule has 0 spiro atoms. The Kier molecular flexibility index (Phi) is 7.66. The molecule has 2 aromatic carbocycles. The Bertz CT molecular complexity index is 953. The lowest BCUT2D eigenvalue weighted by atomic mass is 9.98. The molecule has 2 aliphatic heterocycles. The normalized spacial score (nSPS) is 20.8. The average molecular weight is 462 g/mol. The first-order valence-electron chi connectivity index (χ1n) is 12.4. The molecule has 0 radical (unpaired) electrons. The standard InChI is InChI=1S/C28H35N3O3/c1-20(2)19-26(33)30-17-15-23-13-14-24(31(23)25(32)16-18-30)28(34)29-27(21-9-5-3-6-10-21)22-11-7-4-8-12-22/h3-12,20,23-24,27H,13-19H2,1-2H3,(H,29,34)/t23-,24+/m1/s1. The van der Waals surface area contributed by atoms with Gasteiger partial charge in [0.05, 0.1) is 6.04 Å². The summed E-state index contributed by atoms with van der Waals surface area (Å²) < 4.78 is 0. The third-order valence-electron chi connectivity index (χ3n) is 6.91. The number of nitrogens with zero attached hydrogens (tertiary/aromatic N) is 2. The average Bonchev–Trinajstić information content (AvgIpc) is 3.25. The van der Waals surface area contributed by atoms with E-state index in [2.05, 4.69) is 5.32 Å². The molecule has 180 valence electrons. The first-order chi connectivity index (χ1) is 16.4. The van der Waals surface area contributed by atoms with Crippen LogP contribution >= 0.6 is 0 Å². The van der Waals surface area contributed by atoms with Crippen LogP contribution in [0.25, 0.3) is 0 Å². The van der Waals surface area contributed by atoms with Crippen LogP contribution < -0.4 is 5.32 Å². The summed E-state index contributed by atoms with van der Waals surface area (Å²) in [5.41, 5.74) is 2.02. The molecule has 2 heterocycles. The van der Waals surface area contributed by atoms with Gasteiger partial charge in [-0.3, -0.25) is 14.4 Å². The van der Waals surface area contributed by atoms with Crippen LogP contribution in [0.4, 0.5) is 0 Å². The number of carbonyl (C=O) groups excluding carboxylic acids is 3. The second-order valence-corrected chi connectivity index (χ2v) is 9.83. The Hall–Kier alpha value is -3.15. The number of benzene rings is 2. The second-order valence-electron chi connectivity index (χ2n) is 9.83. The minimum Gasteiger partial charge on any atom is -0.343 e. The van der Waals surface area contributed by atoms with E-state index in [0.717, 1.165) is 24.0 Å². The highest BCUT2D eigenvalue weighted by atomic mass is 16.2. The van der Waals surface area contributed by atoms with Crippen LogP contribution in [0.1, 0.15) is 63.1 Å². The van der Waals surface area contributed by atoms with Gasteiger partial charge in [-0.05, 0) is 36.3 Å². The van der Waals surface area contributed by atoms with Crippen molar-refractivity contribution in [3.63, 3.8) is 0 Å². The molecule has 34 heavy (non-hydrogen) atoms. The molecule has 0 unspecified atom stereocenters. The fourth-order valence-corrected chi connectivity index (χ4v) is 5.19. The van der Waals surface area contributed by atoms with Crippen molar-refractivity contribution in [1.29, 1.82) is 0 Å². The Morgan fingerprint density at radius 1 is 0.912 bits per heavy atom. The van der Waals surface area contributed by atoms with Crippen molar-refractivity contribution in [2.75, 3.05) is 13.1 Å². The highest BCUT2D eigenvalue weighted by molar-refractivity contribution is 5.89. The highest BCUT2D eigenvalue weighted by Gasteiger charge is 2.42. The molecule has 3 amide bonds. The summed E-state index contributed by atoms with van der Waals surface area (Å²) in [5, 5.41) is 3.23. The van der Waals surface area contributed by atoms with Gasteiger partial charge in [-0.1, -0.05) is 74.5 Å². The molecule has 2 aromatic rings. The Balaban J connectivity index is 1.48. The predicted octanol–water partition coefficient (Wildman–Crippen LogP) is 3.92. The van der Waals surface area contributed by atoms with E-state index in [1.54, 1.807) is 0 Å². The van der Waals surface area contributed by atoms with E-state index >= 15 is 0 Å².